The van der Waals surface area contributed by atoms with Gasteiger partial charge in [0.1, 0.15) is 0 Å². The van der Waals surface area contributed by atoms with Crippen LogP contribution in [0.3, 0.4) is 0 Å². The minimum Gasteiger partial charge on any atom is -0.369 e. The van der Waals surface area contributed by atoms with Gasteiger partial charge in [0.15, 0.2) is 0 Å². The van der Waals surface area contributed by atoms with Gasteiger partial charge in [-0.2, -0.15) is 0 Å². The van der Waals surface area contributed by atoms with E-state index in [4.69, 9.17) is 5.73 Å². The summed E-state index contributed by atoms with van der Waals surface area (Å²) in [7, 11) is 0. The fourth-order valence-corrected chi connectivity index (χ4v) is 1.51. The Morgan fingerprint density at radius 2 is 2.33 bits per heavy atom. The summed E-state index contributed by atoms with van der Waals surface area (Å²) in [5.74, 6) is -0.791. The first-order valence-electron chi connectivity index (χ1n) is 4.44. The first-order chi connectivity index (χ1) is 6.93. The summed E-state index contributed by atoms with van der Waals surface area (Å²) in [5, 5.41) is 0. The van der Waals surface area contributed by atoms with Gasteiger partial charge in [0, 0.05) is 6.54 Å². The summed E-state index contributed by atoms with van der Waals surface area (Å²) < 4.78 is 1.98. The molecule has 6 heteroatoms. The molecule has 0 aromatic carbocycles. The lowest BCUT2D eigenvalue weighted by Crippen LogP contribution is -2.31. The second-order valence-electron chi connectivity index (χ2n) is 3.40. The molecule has 15 heavy (non-hydrogen) atoms. The van der Waals surface area contributed by atoms with Crippen LogP contribution >= 0.6 is 22.6 Å². The molecular formula is C9H12IN3O2. The fraction of sp³-hybridized carbons (Fsp3) is 0.444. The van der Waals surface area contributed by atoms with Crippen molar-refractivity contribution >= 4 is 28.5 Å². The lowest BCUT2D eigenvalue weighted by molar-refractivity contribution is -0.121. The summed E-state index contributed by atoms with van der Waals surface area (Å²) in [6, 6.07) is 0. The molecule has 1 aromatic rings. The molecule has 0 aliphatic heterocycles. The van der Waals surface area contributed by atoms with Crippen LogP contribution in [0.15, 0.2) is 11.1 Å². The van der Waals surface area contributed by atoms with E-state index in [0.29, 0.717) is 9.26 Å². The second kappa shape index (κ2) is 4.73. The molecule has 1 aromatic heterocycles. The van der Waals surface area contributed by atoms with Crippen molar-refractivity contribution in [1.82, 2.24) is 9.55 Å². The number of aryl methyl sites for hydroxylation is 1. The number of primary amides is 1. The van der Waals surface area contributed by atoms with Crippen LogP contribution in [0.1, 0.15) is 12.6 Å². The van der Waals surface area contributed by atoms with E-state index >= 15 is 0 Å². The van der Waals surface area contributed by atoms with E-state index in [9.17, 15) is 9.59 Å². The average Bonchev–Trinajstić information content (AvgIpc) is 2.18. The van der Waals surface area contributed by atoms with E-state index in [-0.39, 0.29) is 18.0 Å². The molecule has 0 saturated carbocycles. The van der Waals surface area contributed by atoms with E-state index in [1.54, 1.807) is 13.8 Å². The molecule has 1 amide bonds. The van der Waals surface area contributed by atoms with Crippen molar-refractivity contribution < 1.29 is 4.79 Å². The Kier molecular flexibility index (Phi) is 3.83. The summed E-state index contributed by atoms with van der Waals surface area (Å²) in [6.45, 7) is 3.73. The van der Waals surface area contributed by atoms with Gasteiger partial charge in [-0.1, -0.05) is 6.92 Å². The molecule has 1 heterocycles. The molecule has 1 rings (SSSR count). The third-order valence-electron chi connectivity index (χ3n) is 2.11. The number of halogens is 1. The molecule has 1 atom stereocenters. The van der Waals surface area contributed by atoms with Crippen molar-refractivity contribution in [2.75, 3.05) is 0 Å². The minimum atomic E-state index is -0.419. The maximum absolute atomic E-state index is 11.7. The summed E-state index contributed by atoms with van der Waals surface area (Å²) >= 11 is 1.95. The predicted molar refractivity (Wildman–Crippen MR) is 64.3 cm³/mol. The number of aromatic nitrogens is 2. The molecule has 0 fully saturated rings. The number of hydrogen-bond acceptors (Lipinski definition) is 3. The number of carbonyl (C=O) groups is 1. The second-order valence-corrected chi connectivity index (χ2v) is 4.48. The van der Waals surface area contributed by atoms with Crippen molar-refractivity contribution in [1.29, 1.82) is 0 Å². The van der Waals surface area contributed by atoms with Gasteiger partial charge in [0.2, 0.25) is 5.91 Å². The van der Waals surface area contributed by atoms with Crippen molar-refractivity contribution in [3.05, 3.63) is 25.9 Å². The smallest absolute Gasteiger partial charge is 0.267 e. The summed E-state index contributed by atoms with van der Waals surface area (Å²) in [6.07, 6.45) is 1.44. The molecule has 0 aliphatic carbocycles. The van der Waals surface area contributed by atoms with Gasteiger partial charge in [-0.3, -0.25) is 14.2 Å². The van der Waals surface area contributed by atoms with Gasteiger partial charge in [0.05, 0.1) is 21.5 Å². The summed E-state index contributed by atoms with van der Waals surface area (Å²) in [5.41, 5.74) is 5.69. The molecule has 0 saturated heterocycles. The van der Waals surface area contributed by atoms with Gasteiger partial charge in [0.25, 0.3) is 5.56 Å². The minimum absolute atomic E-state index is 0.129. The third-order valence-corrected chi connectivity index (χ3v) is 3.36. The highest BCUT2D eigenvalue weighted by Gasteiger charge is 2.12. The molecule has 0 aliphatic rings. The molecule has 0 radical (unpaired) electrons. The first kappa shape index (κ1) is 12.2. The zero-order valence-corrected chi connectivity index (χ0v) is 10.7. The van der Waals surface area contributed by atoms with Crippen LogP contribution in [0.4, 0.5) is 0 Å². The molecule has 1 unspecified atom stereocenters. The van der Waals surface area contributed by atoms with Gasteiger partial charge in [-0.15, -0.1) is 0 Å². The van der Waals surface area contributed by atoms with Gasteiger partial charge < -0.3 is 5.73 Å². The topological polar surface area (TPSA) is 78.0 Å². The van der Waals surface area contributed by atoms with Crippen LogP contribution in [0, 0.1) is 16.4 Å². The molecule has 0 spiro atoms. The highest BCUT2D eigenvalue weighted by Crippen LogP contribution is 2.03. The van der Waals surface area contributed by atoms with Crippen LogP contribution in [0.5, 0.6) is 0 Å². The largest absolute Gasteiger partial charge is 0.369 e. The Morgan fingerprint density at radius 3 is 2.87 bits per heavy atom. The Balaban J connectivity index is 3.02. The van der Waals surface area contributed by atoms with Crippen molar-refractivity contribution in [3.63, 3.8) is 0 Å². The van der Waals surface area contributed by atoms with E-state index in [0.717, 1.165) is 0 Å². The summed E-state index contributed by atoms with van der Waals surface area (Å²) in [4.78, 5) is 26.6. The Labute approximate surface area is 101 Å². The van der Waals surface area contributed by atoms with E-state index in [2.05, 4.69) is 4.98 Å². The maximum atomic E-state index is 11.7. The average molecular weight is 321 g/mol. The van der Waals surface area contributed by atoms with Gasteiger partial charge >= 0.3 is 0 Å². The zero-order chi connectivity index (χ0) is 11.6. The quantitative estimate of drug-likeness (QED) is 0.812. The number of hydrogen-bond donors (Lipinski definition) is 1. The van der Waals surface area contributed by atoms with E-state index in [1.807, 2.05) is 22.6 Å². The van der Waals surface area contributed by atoms with Crippen LogP contribution in [0.2, 0.25) is 0 Å². The normalized spacial score (nSPS) is 12.5. The monoisotopic (exact) mass is 321 g/mol. The fourth-order valence-electron chi connectivity index (χ4n) is 1.06. The first-order valence-corrected chi connectivity index (χ1v) is 5.52. The molecule has 82 valence electrons. The van der Waals surface area contributed by atoms with Crippen molar-refractivity contribution in [3.8, 4) is 0 Å². The highest BCUT2D eigenvalue weighted by atomic mass is 127. The van der Waals surface area contributed by atoms with Gasteiger partial charge in [-0.05, 0) is 29.5 Å². The van der Waals surface area contributed by atoms with Crippen LogP contribution in [-0.2, 0) is 11.3 Å². The highest BCUT2D eigenvalue weighted by molar-refractivity contribution is 14.1. The van der Waals surface area contributed by atoms with Crippen molar-refractivity contribution in [2.45, 2.75) is 20.4 Å². The number of carbonyl (C=O) groups excluding carboxylic acids is 1. The number of nitrogens with two attached hydrogens (primary N) is 1. The Morgan fingerprint density at radius 1 is 1.73 bits per heavy atom. The predicted octanol–water partition coefficient (Wildman–Crippen LogP) is 0.278. The van der Waals surface area contributed by atoms with E-state index < -0.39 is 5.91 Å². The molecule has 5 nitrogen and oxygen atoms in total. The van der Waals surface area contributed by atoms with E-state index in [1.165, 1.54) is 10.9 Å². The zero-order valence-electron chi connectivity index (χ0n) is 8.53. The van der Waals surface area contributed by atoms with Crippen LogP contribution < -0.4 is 11.3 Å². The number of rotatable bonds is 3. The maximum Gasteiger partial charge on any atom is 0.267 e. The lowest BCUT2D eigenvalue weighted by atomic mass is 10.2. The van der Waals surface area contributed by atoms with Crippen LogP contribution in [0.25, 0.3) is 0 Å². The Hall–Kier alpha value is -0.920. The number of nitrogens with zero attached hydrogens (tertiary/aromatic N) is 2. The Bertz CT molecular complexity index is 441. The number of amides is 1. The molecule has 0 bridgehead atoms. The lowest BCUT2D eigenvalue weighted by Gasteiger charge is -2.10. The standard InChI is InChI=1S/C9H12IN3O2/c1-5(8(11)14)3-13-4-12-6(2)7(10)9(13)15/h4-5H,3H2,1-2H3,(H2,11,14). The third kappa shape index (κ3) is 2.77. The van der Waals surface area contributed by atoms with Crippen molar-refractivity contribution in [2.24, 2.45) is 11.7 Å². The molecular weight excluding hydrogens is 309 g/mol. The van der Waals surface area contributed by atoms with Crippen LogP contribution in [-0.4, -0.2) is 15.5 Å². The SMILES string of the molecule is Cc1ncn(CC(C)C(N)=O)c(=O)c1I. The van der Waals surface area contributed by atoms with Gasteiger partial charge in [-0.25, -0.2) is 4.98 Å². The molecule has 2 N–H and O–H groups in total.